The van der Waals surface area contributed by atoms with Gasteiger partial charge in [-0.05, 0) is 19.8 Å². The zero-order chi connectivity index (χ0) is 13.0. The molecule has 100 valence electrons. The Morgan fingerprint density at radius 3 is 2.89 bits per heavy atom. The molecule has 1 saturated carbocycles. The van der Waals surface area contributed by atoms with Gasteiger partial charge in [0.15, 0.2) is 5.13 Å². The largest absolute Gasteiger partial charge is 0.308 e. The van der Waals surface area contributed by atoms with E-state index in [-0.39, 0.29) is 5.91 Å². The zero-order valence-electron chi connectivity index (χ0n) is 11.1. The lowest BCUT2D eigenvalue weighted by Crippen LogP contribution is -2.28. The van der Waals surface area contributed by atoms with Crippen LogP contribution in [0.15, 0.2) is 5.38 Å². The second-order valence-electron chi connectivity index (χ2n) is 4.75. The Balaban J connectivity index is 1.90. The Morgan fingerprint density at radius 2 is 2.28 bits per heavy atom. The summed E-state index contributed by atoms with van der Waals surface area (Å²) >= 11 is 1.55. The van der Waals surface area contributed by atoms with Crippen LogP contribution in [0.25, 0.3) is 0 Å². The Morgan fingerprint density at radius 1 is 1.56 bits per heavy atom. The van der Waals surface area contributed by atoms with E-state index >= 15 is 0 Å². The molecule has 0 spiro atoms. The van der Waals surface area contributed by atoms with Crippen molar-refractivity contribution in [1.82, 2.24) is 10.3 Å². The number of thiazole rings is 1. The summed E-state index contributed by atoms with van der Waals surface area (Å²) in [5.74, 6) is 0.0575. The average Bonchev–Trinajstić information content (AvgIpc) is 2.97. The van der Waals surface area contributed by atoms with Crippen molar-refractivity contribution in [3.8, 4) is 0 Å². The highest BCUT2D eigenvalue weighted by Gasteiger charge is 2.16. The van der Waals surface area contributed by atoms with E-state index in [1.807, 2.05) is 12.3 Å². The molecule has 0 atom stereocenters. The molecule has 2 rings (SSSR count). The van der Waals surface area contributed by atoms with Gasteiger partial charge in [-0.2, -0.15) is 0 Å². The molecule has 18 heavy (non-hydrogen) atoms. The van der Waals surface area contributed by atoms with Crippen LogP contribution in [-0.4, -0.2) is 23.5 Å². The van der Waals surface area contributed by atoms with Crippen LogP contribution in [0, 0.1) is 0 Å². The van der Waals surface area contributed by atoms with Gasteiger partial charge in [0, 0.05) is 31.4 Å². The molecule has 4 nitrogen and oxygen atoms in total. The highest BCUT2D eigenvalue weighted by molar-refractivity contribution is 7.14. The van der Waals surface area contributed by atoms with E-state index in [1.54, 1.807) is 23.2 Å². The lowest BCUT2D eigenvalue weighted by molar-refractivity contribution is -0.116. The maximum atomic E-state index is 11.4. The van der Waals surface area contributed by atoms with Crippen LogP contribution in [-0.2, 0) is 11.3 Å². The Kier molecular flexibility index (Phi) is 4.72. The number of aromatic nitrogens is 1. The van der Waals surface area contributed by atoms with Crippen LogP contribution in [0.4, 0.5) is 5.13 Å². The van der Waals surface area contributed by atoms with Gasteiger partial charge >= 0.3 is 0 Å². The summed E-state index contributed by atoms with van der Waals surface area (Å²) in [4.78, 5) is 17.7. The van der Waals surface area contributed by atoms with E-state index in [2.05, 4.69) is 10.3 Å². The standard InChI is InChI=1S/C13H21N3OS/c1-3-16(10(2)17)13-15-12(9-18-13)8-14-11-6-4-5-7-11/h9,11,14H,3-8H2,1-2H3. The number of nitrogens with one attached hydrogen (secondary N) is 1. The van der Waals surface area contributed by atoms with Gasteiger partial charge in [-0.1, -0.05) is 12.8 Å². The fourth-order valence-electron chi connectivity index (χ4n) is 2.37. The molecule has 0 aromatic carbocycles. The van der Waals surface area contributed by atoms with Gasteiger partial charge in [-0.15, -0.1) is 11.3 Å². The maximum Gasteiger partial charge on any atom is 0.225 e. The van der Waals surface area contributed by atoms with Crippen LogP contribution in [0.2, 0.25) is 0 Å². The van der Waals surface area contributed by atoms with Gasteiger partial charge in [-0.3, -0.25) is 9.69 Å². The van der Waals surface area contributed by atoms with E-state index in [9.17, 15) is 4.79 Å². The topological polar surface area (TPSA) is 45.2 Å². The van der Waals surface area contributed by atoms with E-state index in [1.165, 1.54) is 25.7 Å². The van der Waals surface area contributed by atoms with E-state index < -0.39 is 0 Å². The molecule has 0 aliphatic heterocycles. The van der Waals surface area contributed by atoms with Crippen molar-refractivity contribution < 1.29 is 4.79 Å². The second kappa shape index (κ2) is 6.29. The first-order chi connectivity index (χ1) is 8.70. The SMILES string of the molecule is CCN(C(C)=O)c1nc(CNC2CCCC2)cs1. The number of carbonyl (C=O) groups is 1. The van der Waals surface area contributed by atoms with Crippen molar-refractivity contribution in [2.75, 3.05) is 11.4 Å². The van der Waals surface area contributed by atoms with Gasteiger partial charge in [0.05, 0.1) is 5.69 Å². The van der Waals surface area contributed by atoms with Crippen LogP contribution in [0.1, 0.15) is 45.2 Å². The van der Waals surface area contributed by atoms with Gasteiger partial charge in [0.2, 0.25) is 5.91 Å². The number of rotatable bonds is 5. The normalized spacial score (nSPS) is 16.1. The minimum atomic E-state index is 0.0575. The predicted octanol–water partition coefficient (Wildman–Crippen LogP) is 2.55. The molecule has 1 aliphatic carbocycles. The molecule has 0 bridgehead atoms. The number of hydrogen-bond donors (Lipinski definition) is 1. The highest BCUT2D eigenvalue weighted by atomic mass is 32.1. The van der Waals surface area contributed by atoms with Crippen molar-refractivity contribution in [1.29, 1.82) is 0 Å². The molecule has 5 heteroatoms. The molecular formula is C13H21N3OS. The lowest BCUT2D eigenvalue weighted by atomic mass is 10.2. The van der Waals surface area contributed by atoms with Crippen molar-refractivity contribution in [2.24, 2.45) is 0 Å². The number of anilines is 1. The third-order valence-electron chi connectivity index (χ3n) is 3.39. The minimum Gasteiger partial charge on any atom is -0.308 e. The maximum absolute atomic E-state index is 11.4. The van der Waals surface area contributed by atoms with Crippen LogP contribution >= 0.6 is 11.3 Å². The monoisotopic (exact) mass is 267 g/mol. The fourth-order valence-corrected chi connectivity index (χ4v) is 3.31. The van der Waals surface area contributed by atoms with Crippen LogP contribution in [0.3, 0.4) is 0 Å². The van der Waals surface area contributed by atoms with Crippen molar-refractivity contribution in [2.45, 2.75) is 52.1 Å². The third kappa shape index (κ3) is 3.29. The predicted molar refractivity (Wildman–Crippen MR) is 74.9 cm³/mol. The first-order valence-corrected chi connectivity index (χ1v) is 7.54. The number of hydrogen-bond acceptors (Lipinski definition) is 4. The lowest BCUT2D eigenvalue weighted by Gasteiger charge is -2.14. The summed E-state index contributed by atoms with van der Waals surface area (Å²) in [5, 5.41) is 6.40. The van der Waals surface area contributed by atoms with E-state index in [0.29, 0.717) is 12.6 Å². The summed E-state index contributed by atoms with van der Waals surface area (Å²) < 4.78 is 0. The Hall–Kier alpha value is -0.940. The van der Waals surface area contributed by atoms with Crippen LogP contribution < -0.4 is 10.2 Å². The summed E-state index contributed by atoms with van der Waals surface area (Å²) in [5.41, 5.74) is 1.04. The molecule has 1 amide bonds. The Labute approximate surface area is 112 Å². The molecule has 0 saturated heterocycles. The van der Waals surface area contributed by atoms with Crippen molar-refractivity contribution in [3.05, 3.63) is 11.1 Å². The Bertz CT molecular complexity index is 399. The fraction of sp³-hybridized carbons (Fsp3) is 0.692. The molecule has 1 fully saturated rings. The molecule has 1 aliphatic rings. The minimum absolute atomic E-state index is 0.0575. The summed E-state index contributed by atoms with van der Waals surface area (Å²) in [6.07, 6.45) is 5.25. The molecule has 1 N–H and O–H groups in total. The number of nitrogens with zero attached hydrogens (tertiary/aromatic N) is 2. The number of amides is 1. The summed E-state index contributed by atoms with van der Waals surface area (Å²) in [6.45, 7) is 5.05. The van der Waals surface area contributed by atoms with Gasteiger partial charge in [0.1, 0.15) is 0 Å². The van der Waals surface area contributed by atoms with Gasteiger partial charge in [-0.25, -0.2) is 4.98 Å². The van der Waals surface area contributed by atoms with Gasteiger partial charge < -0.3 is 5.32 Å². The first-order valence-electron chi connectivity index (χ1n) is 6.66. The summed E-state index contributed by atoms with van der Waals surface area (Å²) in [7, 11) is 0. The summed E-state index contributed by atoms with van der Waals surface area (Å²) in [6, 6.07) is 0.658. The molecule has 1 heterocycles. The van der Waals surface area contributed by atoms with E-state index in [0.717, 1.165) is 17.4 Å². The first kappa shape index (κ1) is 13.5. The molecular weight excluding hydrogens is 246 g/mol. The van der Waals surface area contributed by atoms with Crippen LogP contribution in [0.5, 0.6) is 0 Å². The molecule has 0 unspecified atom stereocenters. The molecule has 1 aromatic heterocycles. The zero-order valence-corrected chi connectivity index (χ0v) is 11.9. The smallest absolute Gasteiger partial charge is 0.225 e. The van der Waals surface area contributed by atoms with Crippen molar-refractivity contribution >= 4 is 22.4 Å². The average molecular weight is 267 g/mol. The quantitative estimate of drug-likeness (QED) is 0.891. The second-order valence-corrected chi connectivity index (χ2v) is 5.58. The van der Waals surface area contributed by atoms with Gasteiger partial charge in [0.25, 0.3) is 0 Å². The molecule has 0 radical (unpaired) electrons. The van der Waals surface area contributed by atoms with E-state index in [4.69, 9.17) is 0 Å². The number of carbonyl (C=O) groups excluding carboxylic acids is 1. The third-order valence-corrected chi connectivity index (χ3v) is 4.31. The molecule has 1 aromatic rings. The van der Waals surface area contributed by atoms with Crippen molar-refractivity contribution in [3.63, 3.8) is 0 Å². The highest BCUT2D eigenvalue weighted by Crippen LogP contribution is 2.22.